The van der Waals surface area contributed by atoms with E-state index < -0.39 is 0 Å². The van der Waals surface area contributed by atoms with Gasteiger partial charge in [0.05, 0.1) is 12.1 Å². The van der Waals surface area contributed by atoms with Crippen LogP contribution >= 0.6 is 0 Å². The number of aliphatic hydroxyl groups excluding tert-OH is 1. The van der Waals surface area contributed by atoms with Crippen molar-refractivity contribution in [3.8, 4) is 0 Å². The Hall–Kier alpha value is -1.36. The Kier molecular flexibility index (Phi) is 5.17. The van der Waals surface area contributed by atoms with Crippen LogP contribution in [0.4, 0.5) is 11.8 Å². The summed E-state index contributed by atoms with van der Waals surface area (Å²) in [5.74, 6) is 2.08. The van der Waals surface area contributed by atoms with Crippen LogP contribution in [0.1, 0.15) is 46.0 Å². The number of rotatable bonds is 6. The lowest BCUT2D eigenvalue weighted by Gasteiger charge is -2.39. The van der Waals surface area contributed by atoms with Crippen LogP contribution in [-0.4, -0.2) is 33.8 Å². The summed E-state index contributed by atoms with van der Waals surface area (Å²) in [6, 6.07) is 1.87. The minimum Gasteiger partial charge on any atom is -0.394 e. The molecule has 5 nitrogen and oxygen atoms in total. The summed E-state index contributed by atoms with van der Waals surface area (Å²) in [7, 11) is 0. The van der Waals surface area contributed by atoms with E-state index in [2.05, 4.69) is 34.4 Å². The van der Waals surface area contributed by atoms with E-state index in [1.54, 1.807) is 6.20 Å². The third-order valence-corrected chi connectivity index (χ3v) is 3.98. The van der Waals surface area contributed by atoms with Crippen LogP contribution in [0.3, 0.4) is 0 Å². The molecule has 0 bridgehead atoms. The van der Waals surface area contributed by atoms with Crippen LogP contribution in [0.2, 0.25) is 0 Å². The second-order valence-electron chi connectivity index (χ2n) is 5.96. The van der Waals surface area contributed by atoms with Gasteiger partial charge in [-0.3, -0.25) is 0 Å². The molecule has 1 aromatic rings. The number of aromatic nitrogens is 2. The molecule has 0 aliphatic heterocycles. The lowest BCUT2D eigenvalue weighted by Crippen LogP contribution is -2.46. The van der Waals surface area contributed by atoms with Gasteiger partial charge in [0.15, 0.2) is 0 Å². The standard InChI is InChI=1S/C15H26N4O/c1-3-8-16-14-17-9-6-13(18-14)19-15(11-20)7-4-5-12(2)10-15/h6,9,12,20H,3-5,7-8,10-11H2,1-2H3,(H2,16,17,18,19). The van der Waals surface area contributed by atoms with Crippen molar-refractivity contribution >= 4 is 11.8 Å². The van der Waals surface area contributed by atoms with Gasteiger partial charge in [-0.1, -0.05) is 26.7 Å². The van der Waals surface area contributed by atoms with Crippen molar-refractivity contribution < 1.29 is 5.11 Å². The summed E-state index contributed by atoms with van der Waals surface area (Å²) >= 11 is 0. The highest BCUT2D eigenvalue weighted by molar-refractivity contribution is 5.42. The third kappa shape index (κ3) is 3.82. The van der Waals surface area contributed by atoms with Crippen molar-refractivity contribution in [1.29, 1.82) is 0 Å². The second-order valence-corrected chi connectivity index (χ2v) is 5.96. The van der Waals surface area contributed by atoms with Crippen molar-refractivity contribution in [2.24, 2.45) is 5.92 Å². The average Bonchev–Trinajstić information content (AvgIpc) is 2.45. The summed E-state index contributed by atoms with van der Waals surface area (Å²) < 4.78 is 0. The molecule has 0 radical (unpaired) electrons. The molecule has 1 aromatic heterocycles. The Morgan fingerprint density at radius 1 is 1.50 bits per heavy atom. The Morgan fingerprint density at radius 2 is 2.35 bits per heavy atom. The molecule has 20 heavy (non-hydrogen) atoms. The van der Waals surface area contributed by atoms with Crippen molar-refractivity contribution in [3.63, 3.8) is 0 Å². The molecule has 5 heteroatoms. The monoisotopic (exact) mass is 278 g/mol. The normalized spacial score (nSPS) is 26.2. The van der Waals surface area contributed by atoms with E-state index >= 15 is 0 Å². The number of nitrogens with zero attached hydrogens (tertiary/aromatic N) is 2. The molecule has 2 atom stereocenters. The first-order valence-corrected chi connectivity index (χ1v) is 7.63. The van der Waals surface area contributed by atoms with E-state index in [1.807, 2.05) is 6.07 Å². The maximum absolute atomic E-state index is 9.81. The largest absolute Gasteiger partial charge is 0.394 e. The van der Waals surface area contributed by atoms with Gasteiger partial charge in [0.25, 0.3) is 0 Å². The fourth-order valence-electron chi connectivity index (χ4n) is 2.98. The average molecular weight is 278 g/mol. The highest BCUT2D eigenvalue weighted by atomic mass is 16.3. The quantitative estimate of drug-likeness (QED) is 0.746. The maximum atomic E-state index is 9.81. The predicted molar refractivity (Wildman–Crippen MR) is 81.9 cm³/mol. The van der Waals surface area contributed by atoms with Crippen molar-refractivity contribution in [2.75, 3.05) is 23.8 Å². The second kappa shape index (κ2) is 6.88. The van der Waals surface area contributed by atoms with Gasteiger partial charge in [-0.05, 0) is 31.2 Å². The predicted octanol–water partition coefficient (Wildman–Crippen LogP) is 2.65. The Morgan fingerprint density at radius 3 is 3.05 bits per heavy atom. The number of hydrogen-bond donors (Lipinski definition) is 3. The van der Waals surface area contributed by atoms with Crippen LogP contribution in [0.5, 0.6) is 0 Å². The Balaban J connectivity index is 2.07. The summed E-state index contributed by atoms with van der Waals surface area (Å²) in [4.78, 5) is 8.69. The number of hydrogen-bond acceptors (Lipinski definition) is 5. The van der Waals surface area contributed by atoms with E-state index in [0.717, 1.165) is 38.0 Å². The zero-order valence-corrected chi connectivity index (χ0v) is 12.5. The summed E-state index contributed by atoms with van der Waals surface area (Å²) in [6.07, 6.45) is 7.18. The molecule has 0 aromatic carbocycles. The topological polar surface area (TPSA) is 70.1 Å². The van der Waals surface area contributed by atoms with Gasteiger partial charge in [0, 0.05) is 12.7 Å². The molecule has 1 aliphatic carbocycles. The molecule has 112 valence electrons. The molecule has 1 aliphatic rings. The maximum Gasteiger partial charge on any atom is 0.224 e. The van der Waals surface area contributed by atoms with E-state index in [1.165, 1.54) is 6.42 Å². The lowest BCUT2D eigenvalue weighted by atomic mass is 9.77. The lowest BCUT2D eigenvalue weighted by molar-refractivity contribution is 0.149. The molecule has 1 saturated carbocycles. The molecule has 2 unspecified atom stereocenters. The molecule has 3 N–H and O–H groups in total. The minimum atomic E-state index is -0.228. The van der Waals surface area contributed by atoms with Gasteiger partial charge in [0.2, 0.25) is 5.95 Å². The minimum absolute atomic E-state index is 0.152. The van der Waals surface area contributed by atoms with Crippen LogP contribution in [0.25, 0.3) is 0 Å². The fraction of sp³-hybridized carbons (Fsp3) is 0.733. The number of nitrogens with one attached hydrogen (secondary N) is 2. The van der Waals surface area contributed by atoms with E-state index in [-0.39, 0.29) is 12.1 Å². The first-order valence-electron chi connectivity index (χ1n) is 7.63. The highest BCUT2D eigenvalue weighted by Crippen LogP contribution is 2.34. The van der Waals surface area contributed by atoms with Gasteiger partial charge in [-0.15, -0.1) is 0 Å². The molecule has 1 fully saturated rings. The van der Waals surface area contributed by atoms with Crippen LogP contribution < -0.4 is 10.6 Å². The highest BCUT2D eigenvalue weighted by Gasteiger charge is 2.34. The zero-order chi connectivity index (χ0) is 14.4. The van der Waals surface area contributed by atoms with E-state index in [9.17, 15) is 5.11 Å². The SMILES string of the molecule is CCCNc1nccc(NC2(CO)CCCC(C)C2)n1. The molecule has 0 saturated heterocycles. The molecule has 0 spiro atoms. The molecule has 1 heterocycles. The van der Waals surface area contributed by atoms with E-state index in [4.69, 9.17) is 0 Å². The zero-order valence-electron chi connectivity index (χ0n) is 12.5. The van der Waals surface area contributed by atoms with Crippen molar-refractivity contribution in [3.05, 3.63) is 12.3 Å². The molecule has 0 amide bonds. The van der Waals surface area contributed by atoms with Gasteiger partial charge in [-0.2, -0.15) is 4.98 Å². The molecule has 2 rings (SSSR count). The van der Waals surface area contributed by atoms with Crippen molar-refractivity contribution in [1.82, 2.24) is 9.97 Å². The molecular weight excluding hydrogens is 252 g/mol. The van der Waals surface area contributed by atoms with Gasteiger partial charge >= 0.3 is 0 Å². The molecular formula is C15H26N4O. The Labute approximate surface area is 121 Å². The Bertz CT molecular complexity index is 426. The van der Waals surface area contributed by atoms with Crippen LogP contribution in [-0.2, 0) is 0 Å². The van der Waals surface area contributed by atoms with Gasteiger partial charge in [0.1, 0.15) is 5.82 Å². The number of anilines is 2. The van der Waals surface area contributed by atoms with Crippen molar-refractivity contribution in [2.45, 2.75) is 51.5 Å². The van der Waals surface area contributed by atoms with Gasteiger partial charge in [-0.25, -0.2) is 4.98 Å². The third-order valence-electron chi connectivity index (χ3n) is 3.98. The summed E-state index contributed by atoms with van der Waals surface area (Å²) in [6.45, 7) is 5.38. The van der Waals surface area contributed by atoms with Crippen LogP contribution in [0.15, 0.2) is 12.3 Å². The first-order chi connectivity index (χ1) is 9.67. The number of aliphatic hydroxyl groups is 1. The smallest absolute Gasteiger partial charge is 0.224 e. The first kappa shape index (κ1) is 15.0. The summed E-state index contributed by atoms with van der Waals surface area (Å²) in [5, 5.41) is 16.4. The van der Waals surface area contributed by atoms with Crippen LogP contribution in [0, 0.1) is 5.92 Å². The van der Waals surface area contributed by atoms with E-state index in [0.29, 0.717) is 11.9 Å². The van der Waals surface area contributed by atoms with Gasteiger partial charge < -0.3 is 15.7 Å². The fourth-order valence-corrected chi connectivity index (χ4v) is 2.98. The summed E-state index contributed by atoms with van der Waals surface area (Å²) in [5.41, 5.74) is -0.228.